The van der Waals surface area contributed by atoms with Crippen molar-refractivity contribution in [3.63, 3.8) is 0 Å². The van der Waals surface area contributed by atoms with Gasteiger partial charge in [0.25, 0.3) is 0 Å². The zero-order valence-electron chi connectivity index (χ0n) is 12.6. The molecule has 0 aromatic heterocycles. The summed E-state index contributed by atoms with van der Waals surface area (Å²) in [5.41, 5.74) is 0. The van der Waals surface area contributed by atoms with Gasteiger partial charge in [-0.15, -0.1) is 0 Å². The third-order valence-corrected chi connectivity index (χ3v) is 3.88. The SMILES string of the molecule is OCCCCC1COC(CC2OCC(CCCCO)O2)O1. The molecule has 124 valence electrons. The van der Waals surface area contributed by atoms with Crippen LogP contribution in [-0.2, 0) is 18.9 Å². The molecule has 6 heteroatoms. The number of aliphatic hydroxyl groups excluding tert-OH is 2. The Bertz CT molecular complexity index is 249. The van der Waals surface area contributed by atoms with Crippen LogP contribution in [0.25, 0.3) is 0 Å². The maximum atomic E-state index is 8.77. The molecular formula is C15H28O6. The molecule has 0 saturated carbocycles. The molecule has 2 fully saturated rings. The lowest BCUT2D eigenvalue weighted by Gasteiger charge is -2.16. The highest BCUT2D eigenvalue weighted by atomic mass is 16.7. The van der Waals surface area contributed by atoms with E-state index < -0.39 is 0 Å². The molecule has 2 rings (SSSR count). The smallest absolute Gasteiger partial charge is 0.163 e. The van der Waals surface area contributed by atoms with Crippen LogP contribution in [0.15, 0.2) is 0 Å². The molecule has 4 atom stereocenters. The van der Waals surface area contributed by atoms with Crippen LogP contribution in [0.4, 0.5) is 0 Å². The van der Waals surface area contributed by atoms with E-state index in [-0.39, 0.29) is 38.0 Å². The monoisotopic (exact) mass is 304 g/mol. The Hall–Kier alpha value is -0.240. The van der Waals surface area contributed by atoms with Crippen molar-refractivity contribution in [1.29, 1.82) is 0 Å². The average molecular weight is 304 g/mol. The highest BCUT2D eigenvalue weighted by molar-refractivity contribution is 4.71. The topological polar surface area (TPSA) is 77.4 Å². The van der Waals surface area contributed by atoms with E-state index in [2.05, 4.69) is 0 Å². The van der Waals surface area contributed by atoms with Crippen LogP contribution >= 0.6 is 0 Å². The zero-order chi connectivity index (χ0) is 14.9. The van der Waals surface area contributed by atoms with Crippen molar-refractivity contribution in [3.8, 4) is 0 Å². The molecule has 0 bridgehead atoms. The number of unbranched alkanes of at least 4 members (excludes halogenated alkanes) is 2. The number of hydrogen-bond donors (Lipinski definition) is 2. The van der Waals surface area contributed by atoms with Crippen LogP contribution in [0, 0.1) is 0 Å². The van der Waals surface area contributed by atoms with Gasteiger partial charge < -0.3 is 29.2 Å². The van der Waals surface area contributed by atoms with Gasteiger partial charge in [0.05, 0.1) is 25.4 Å². The van der Waals surface area contributed by atoms with Gasteiger partial charge in [-0.3, -0.25) is 0 Å². The molecule has 0 spiro atoms. The van der Waals surface area contributed by atoms with E-state index in [0.29, 0.717) is 19.6 Å². The van der Waals surface area contributed by atoms with Crippen molar-refractivity contribution in [2.75, 3.05) is 26.4 Å². The number of rotatable bonds is 10. The second kappa shape index (κ2) is 9.71. The predicted molar refractivity (Wildman–Crippen MR) is 75.7 cm³/mol. The first kappa shape index (κ1) is 17.1. The second-order valence-electron chi connectivity index (χ2n) is 5.72. The average Bonchev–Trinajstić information content (AvgIpc) is 3.10. The summed E-state index contributed by atoms with van der Waals surface area (Å²) in [6.07, 6.45) is 5.76. The van der Waals surface area contributed by atoms with E-state index in [0.717, 1.165) is 38.5 Å². The van der Waals surface area contributed by atoms with Gasteiger partial charge in [0.15, 0.2) is 12.6 Å². The Morgan fingerprint density at radius 2 is 1.19 bits per heavy atom. The quantitative estimate of drug-likeness (QED) is 0.590. The first-order valence-corrected chi connectivity index (χ1v) is 8.07. The van der Waals surface area contributed by atoms with Gasteiger partial charge >= 0.3 is 0 Å². The molecule has 21 heavy (non-hydrogen) atoms. The first-order chi connectivity index (χ1) is 10.3. The highest BCUT2D eigenvalue weighted by Gasteiger charge is 2.32. The highest BCUT2D eigenvalue weighted by Crippen LogP contribution is 2.25. The van der Waals surface area contributed by atoms with Crippen LogP contribution in [0.3, 0.4) is 0 Å². The molecule has 2 aliphatic heterocycles. The molecule has 2 N–H and O–H groups in total. The molecule has 0 aromatic carbocycles. The third kappa shape index (κ3) is 6.18. The van der Waals surface area contributed by atoms with Gasteiger partial charge in [0.1, 0.15) is 0 Å². The maximum Gasteiger partial charge on any atom is 0.163 e. The minimum Gasteiger partial charge on any atom is -0.396 e. The van der Waals surface area contributed by atoms with Gasteiger partial charge in [-0.25, -0.2) is 0 Å². The van der Waals surface area contributed by atoms with E-state index in [9.17, 15) is 0 Å². The molecule has 2 heterocycles. The molecule has 2 saturated heterocycles. The Morgan fingerprint density at radius 1 is 0.714 bits per heavy atom. The fraction of sp³-hybridized carbons (Fsp3) is 1.00. The summed E-state index contributed by atoms with van der Waals surface area (Å²) >= 11 is 0. The maximum absolute atomic E-state index is 8.77. The molecule has 4 unspecified atom stereocenters. The second-order valence-corrected chi connectivity index (χ2v) is 5.72. The van der Waals surface area contributed by atoms with Crippen molar-refractivity contribution in [2.45, 2.75) is 69.7 Å². The van der Waals surface area contributed by atoms with Crippen molar-refractivity contribution in [2.24, 2.45) is 0 Å². The molecule has 0 aliphatic carbocycles. The summed E-state index contributed by atoms with van der Waals surface area (Å²) in [6, 6.07) is 0. The van der Waals surface area contributed by atoms with E-state index in [1.807, 2.05) is 0 Å². The lowest BCUT2D eigenvalue weighted by Crippen LogP contribution is -2.21. The fourth-order valence-electron chi connectivity index (χ4n) is 2.69. The molecule has 0 aromatic rings. The van der Waals surface area contributed by atoms with Crippen LogP contribution in [0.5, 0.6) is 0 Å². The summed E-state index contributed by atoms with van der Waals surface area (Å²) in [7, 11) is 0. The van der Waals surface area contributed by atoms with Crippen molar-refractivity contribution in [1.82, 2.24) is 0 Å². The van der Waals surface area contributed by atoms with E-state index >= 15 is 0 Å². The summed E-state index contributed by atoms with van der Waals surface area (Å²) in [6.45, 7) is 1.70. The zero-order valence-corrected chi connectivity index (χ0v) is 12.6. The summed E-state index contributed by atoms with van der Waals surface area (Å²) in [5.74, 6) is 0. The Labute approximate surface area is 126 Å². The van der Waals surface area contributed by atoms with E-state index in [4.69, 9.17) is 29.2 Å². The summed E-state index contributed by atoms with van der Waals surface area (Å²) in [4.78, 5) is 0. The lowest BCUT2D eigenvalue weighted by molar-refractivity contribution is -0.139. The van der Waals surface area contributed by atoms with Gasteiger partial charge in [0.2, 0.25) is 0 Å². The lowest BCUT2D eigenvalue weighted by atomic mass is 10.2. The van der Waals surface area contributed by atoms with Crippen LogP contribution < -0.4 is 0 Å². The van der Waals surface area contributed by atoms with Gasteiger partial charge in [-0.05, 0) is 38.5 Å². The molecule has 6 nitrogen and oxygen atoms in total. The molecular weight excluding hydrogens is 276 g/mol. The van der Waals surface area contributed by atoms with Crippen LogP contribution in [-0.4, -0.2) is 61.4 Å². The largest absolute Gasteiger partial charge is 0.396 e. The summed E-state index contributed by atoms with van der Waals surface area (Å²) in [5, 5.41) is 17.5. The van der Waals surface area contributed by atoms with Crippen molar-refractivity contribution >= 4 is 0 Å². The minimum atomic E-state index is -0.245. The molecule has 2 aliphatic rings. The Morgan fingerprint density at radius 3 is 1.62 bits per heavy atom. The van der Waals surface area contributed by atoms with E-state index in [1.165, 1.54) is 0 Å². The van der Waals surface area contributed by atoms with E-state index in [1.54, 1.807) is 0 Å². The van der Waals surface area contributed by atoms with Crippen molar-refractivity contribution < 1.29 is 29.2 Å². The predicted octanol–water partition coefficient (Wildman–Crippen LogP) is 1.18. The van der Waals surface area contributed by atoms with Gasteiger partial charge in [-0.2, -0.15) is 0 Å². The number of hydrogen-bond acceptors (Lipinski definition) is 6. The van der Waals surface area contributed by atoms with Gasteiger partial charge in [-0.1, -0.05) is 0 Å². The minimum absolute atomic E-state index is 0.128. The normalized spacial score (nSPS) is 32.9. The van der Waals surface area contributed by atoms with Crippen LogP contribution in [0.1, 0.15) is 44.9 Å². The van der Waals surface area contributed by atoms with Crippen LogP contribution in [0.2, 0.25) is 0 Å². The van der Waals surface area contributed by atoms with Crippen molar-refractivity contribution in [3.05, 3.63) is 0 Å². The molecule has 0 radical (unpaired) electrons. The fourth-order valence-corrected chi connectivity index (χ4v) is 2.69. The number of aliphatic hydroxyl groups is 2. The van der Waals surface area contributed by atoms with Gasteiger partial charge in [0, 0.05) is 19.6 Å². The third-order valence-electron chi connectivity index (χ3n) is 3.88. The first-order valence-electron chi connectivity index (χ1n) is 8.07. The Kier molecular flexibility index (Phi) is 7.92. The molecule has 0 amide bonds. The summed E-state index contributed by atoms with van der Waals surface area (Å²) < 4.78 is 22.8. The number of ether oxygens (including phenoxy) is 4. The Balaban J connectivity index is 1.56. The standard InChI is InChI=1S/C15H28O6/c16-7-3-1-5-12-10-18-14(20-12)9-15-19-11-13(21-15)6-2-4-8-17/h12-17H,1-11H2.